The van der Waals surface area contributed by atoms with Crippen LogP contribution in [0.5, 0.6) is 5.75 Å². The molecule has 2 aromatic carbocycles. The summed E-state index contributed by atoms with van der Waals surface area (Å²) in [7, 11) is 0. The molecular weight excluding hydrogens is 580 g/mol. The van der Waals surface area contributed by atoms with Gasteiger partial charge >= 0.3 is 0 Å². The van der Waals surface area contributed by atoms with E-state index in [1.807, 2.05) is 31.2 Å². The van der Waals surface area contributed by atoms with Crippen molar-refractivity contribution in [2.75, 3.05) is 46.2 Å². The topological polar surface area (TPSA) is 158 Å². The first-order chi connectivity index (χ1) is 20.4. The lowest BCUT2D eigenvalue weighted by Gasteiger charge is -2.56. The summed E-state index contributed by atoms with van der Waals surface area (Å²) < 4.78 is 21.9. The van der Waals surface area contributed by atoms with Crippen molar-refractivity contribution in [3.8, 4) is 5.75 Å². The van der Waals surface area contributed by atoms with Crippen molar-refractivity contribution < 1.29 is 49.6 Å². The highest BCUT2D eigenvalue weighted by atomic mass is 35.5. The summed E-state index contributed by atoms with van der Waals surface area (Å²) in [6, 6.07) is 12.4. The van der Waals surface area contributed by atoms with Crippen molar-refractivity contribution in [3.05, 3.63) is 64.2 Å². The monoisotopic (exact) mass is 624 g/mol. The van der Waals surface area contributed by atoms with Gasteiger partial charge in [0.25, 0.3) is 0 Å². The van der Waals surface area contributed by atoms with Crippen LogP contribution >= 0.6 is 11.6 Å². The molecule has 2 aliphatic rings. The maximum atomic E-state index is 11.7. The molecule has 43 heavy (non-hydrogen) atoms. The predicted octanol–water partition coefficient (Wildman–Crippen LogP) is 1.60. The number of hydrogen-bond donors (Lipinski definition) is 6. The molecule has 2 bridgehead atoms. The van der Waals surface area contributed by atoms with Gasteiger partial charge in [-0.25, -0.2) is 0 Å². The van der Waals surface area contributed by atoms with Gasteiger partial charge in [0, 0.05) is 11.6 Å². The highest BCUT2D eigenvalue weighted by molar-refractivity contribution is 6.31. The van der Waals surface area contributed by atoms with E-state index in [2.05, 4.69) is 0 Å². The first-order valence-electron chi connectivity index (χ1n) is 14.8. The zero-order valence-electron chi connectivity index (χ0n) is 25.0. The van der Waals surface area contributed by atoms with Gasteiger partial charge in [0.2, 0.25) is 0 Å². The molecule has 7 atom stereocenters. The number of aliphatic hydroxyl groups is 6. The van der Waals surface area contributed by atoms with Crippen molar-refractivity contribution in [1.29, 1.82) is 0 Å². The van der Waals surface area contributed by atoms with E-state index in [1.54, 1.807) is 18.2 Å². The largest absolute Gasteiger partial charge is 0.491 e. The molecule has 2 aliphatic carbocycles. The molecule has 0 saturated heterocycles. The average Bonchev–Trinajstić information content (AvgIpc) is 3.18. The van der Waals surface area contributed by atoms with E-state index >= 15 is 0 Å². The molecule has 0 spiro atoms. The minimum Gasteiger partial charge on any atom is -0.491 e. The summed E-state index contributed by atoms with van der Waals surface area (Å²) in [6.45, 7) is 8.33. The minimum absolute atomic E-state index is 0.223. The molecule has 2 aromatic rings. The van der Waals surface area contributed by atoms with Crippen LogP contribution in [0, 0.1) is 5.41 Å². The standard InChI is InChI=1S/C32H45ClO10/c1-4-40-11-12-41-13-14-42-15-16-43-23-8-5-20(6-9-23)17-21-18-22(7-10-24(21)33)32-25(34)19-31(29(32)38,30(2,3)39)27(36)26(35)28(32)37/h5-10,18,25-29,34-39H,4,11-17,19H2,1-3H3/t25?,26-,27-,28+,29?,31-,32-/m1/s1. The Morgan fingerprint density at radius 2 is 1.44 bits per heavy atom. The summed E-state index contributed by atoms with van der Waals surface area (Å²) >= 11 is 6.56. The van der Waals surface area contributed by atoms with Gasteiger partial charge in [0.15, 0.2) is 0 Å². The molecule has 6 N–H and O–H groups in total. The van der Waals surface area contributed by atoms with E-state index < -0.39 is 47.0 Å². The molecule has 2 saturated carbocycles. The fraction of sp³-hybridized carbons (Fsp3) is 0.625. The smallest absolute Gasteiger partial charge is 0.119 e. The number of halogens is 1. The number of benzene rings is 2. The van der Waals surface area contributed by atoms with E-state index in [0.29, 0.717) is 74.6 Å². The molecule has 0 amide bonds. The van der Waals surface area contributed by atoms with Crippen LogP contribution in [0.1, 0.15) is 43.9 Å². The molecule has 0 aromatic heterocycles. The molecule has 10 nitrogen and oxygen atoms in total. The number of ether oxygens (including phenoxy) is 4. The minimum atomic E-state index is -1.76. The van der Waals surface area contributed by atoms with E-state index in [9.17, 15) is 30.6 Å². The Kier molecular flexibility index (Phi) is 11.1. The van der Waals surface area contributed by atoms with Gasteiger partial charge in [-0.1, -0.05) is 35.9 Å². The van der Waals surface area contributed by atoms with Crippen LogP contribution in [0.15, 0.2) is 42.5 Å². The summed E-state index contributed by atoms with van der Waals surface area (Å²) in [5.74, 6) is 0.678. The maximum absolute atomic E-state index is 11.7. The van der Waals surface area contributed by atoms with E-state index in [-0.39, 0.29) is 6.42 Å². The summed E-state index contributed by atoms with van der Waals surface area (Å²) in [5, 5.41) is 67.5. The van der Waals surface area contributed by atoms with Gasteiger partial charge in [-0.2, -0.15) is 0 Å². The van der Waals surface area contributed by atoms with E-state index in [4.69, 9.17) is 30.5 Å². The van der Waals surface area contributed by atoms with Crippen LogP contribution in [0.4, 0.5) is 0 Å². The molecule has 0 heterocycles. The number of aliphatic hydroxyl groups excluding tert-OH is 5. The highest BCUT2D eigenvalue weighted by Crippen LogP contribution is 2.63. The second-order valence-electron chi connectivity index (χ2n) is 11.9. The van der Waals surface area contributed by atoms with E-state index in [0.717, 1.165) is 5.56 Å². The summed E-state index contributed by atoms with van der Waals surface area (Å²) in [5.41, 5.74) is -3.17. The average molecular weight is 625 g/mol. The van der Waals surface area contributed by atoms with Crippen molar-refractivity contribution >= 4 is 11.6 Å². The zero-order chi connectivity index (χ0) is 31.4. The van der Waals surface area contributed by atoms with Gasteiger partial charge in [-0.15, -0.1) is 0 Å². The lowest BCUT2D eigenvalue weighted by Crippen LogP contribution is -2.72. The zero-order valence-corrected chi connectivity index (χ0v) is 25.7. The molecule has 2 unspecified atom stereocenters. The van der Waals surface area contributed by atoms with Crippen molar-refractivity contribution in [1.82, 2.24) is 0 Å². The first kappa shape index (κ1) is 34.1. The second-order valence-corrected chi connectivity index (χ2v) is 12.3. The van der Waals surface area contributed by atoms with Gasteiger partial charge in [-0.3, -0.25) is 0 Å². The predicted molar refractivity (Wildman–Crippen MR) is 159 cm³/mol. The molecule has 0 aliphatic heterocycles. The Morgan fingerprint density at radius 1 is 0.837 bits per heavy atom. The molecule has 2 fully saturated rings. The Hall–Kier alpha value is -1.83. The maximum Gasteiger partial charge on any atom is 0.119 e. The van der Waals surface area contributed by atoms with Crippen molar-refractivity contribution in [2.45, 2.75) is 75.1 Å². The van der Waals surface area contributed by atoms with Gasteiger partial charge in [0.1, 0.15) is 18.5 Å². The third-order valence-electron chi connectivity index (χ3n) is 9.13. The van der Waals surface area contributed by atoms with Gasteiger partial charge in [0.05, 0.1) is 73.9 Å². The fourth-order valence-electron chi connectivity index (χ4n) is 6.78. The third-order valence-corrected chi connectivity index (χ3v) is 9.50. The molecule has 11 heteroatoms. The first-order valence-corrected chi connectivity index (χ1v) is 15.2. The van der Waals surface area contributed by atoms with Gasteiger partial charge < -0.3 is 49.6 Å². The number of hydrogen-bond acceptors (Lipinski definition) is 10. The van der Waals surface area contributed by atoms with Crippen LogP contribution < -0.4 is 4.74 Å². The Morgan fingerprint density at radius 3 is 2.05 bits per heavy atom. The summed E-state index contributed by atoms with van der Waals surface area (Å²) in [6.07, 6.45) is -7.81. The molecule has 4 rings (SSSR count). The van der Waals surface area contributed by atoms with Crippen molar-refractivity contribution in [3.63, 3.8) is 0 Å². The second kappa shape index (κ2) is 14.1. The molecular formula is C32H45ClO10. The number of fused-ring (bicyclic) bond motifs is 2. The Balaban J connectivity index is 1.42. The SMILES string of the molecule is CCOCCOCCOCCOc1ccc(Cc2cc([C@]34C(O)C[C@](C(C)(C)O)(C3O)[C@H](O)[C@@H](O)[C@@H]4O)ccc2Cl)cc1. The molecule has 240 valence electrons. The van der Waals surface area contributed by atoms with Crippen LogP contribution in [-0.4, -0.2) is 113 Å². The van der Waals surface area contributed by atoms with Crippen LogP contribution in [-0.2, 0) is 26.0 Å². The summed E-state index contributed by atoms with van der Waals surface area (Å²) in [4.78, 5) is 0. The van der Waals surface area contributed by atoms with Crippen LogP contribution in [0.25, 0.3) is 0 Å². The van der Waals surface area contributed by atoms with E-state index in [1.165, 1.54) is 13.8 Å². The highest BCUT2D eigenvalue weighted by Gasteiger charge is 2.77. The normalized spacial score (nSPS) is 30.5. The Bertz CT molecular complexity index is 1190. The van der Waals surface area contributed by atoms with Crippen molar-refractivity contribution in [2.24, 2.45) is 5.41 Å². The van der Waals surface area contributed by atoms with Crippen LogP contribution in [0.3, 0.4) is 0 Å². The lowest BCUT2D eigenvalue weighted by molar-refractivity contribution is -0.254. The lowest BCUT2D eigenvalue weighted by atomic mass is 9.55. The third kappa shape index (κ3) is 6.46. The molecule has 0 radical (unpaired) electrons. The fourth-order valence-corrected chi connectivity index (χ4v) is 6.97. The Labute approximate surface area is 257 Å². The van der Waals surface area contributed by atoms with Crippen LogP contribution in [0.2, 0.25) is 5.02 Å². The number of rotatable bonds is 15. The quantitative estimate of drug-likeness (QED) is 0.161. The van der Waals surface area contributed by atoms with Gasteiger partial charge in [-0.05, 0) is 68.5 Å².